The van der Waals surface area contributed by atoms with Crippen LogP contribution in [0.25, 0.3) is 0 Å². The molecule has 0 fully saturated rings. The topological polar surface area (TPSA) is 34.1 Å². The van der Waals surface area contributed by atoms with Crippen LogP contribution in [0.3, 0.4) is 0 Å². The van der Waals surface area contributed by atoms with Crippen LogP contribution in [0.4, 0.5) is 4.39 Å². The van der Waals surface area contributed by atoms with E-state index in [9.17, 15) is 12.8 Å². The third-order valence-corrected chi connectivity index (χ3v) is 2.92. The number of benzene rings is 1. The molecule has 0 aliphatic heterocycles. The second-order valence-electron chi connectivity index (χ2n) is 2.35. The molecule has 12 heavy (non-hydrogen) atoms. The summed E-state index contributed by atoms with van der Waals surface area (Å²) in [5, 5.41) is 0. The van der Waals surface area contributed by atoms with Gasteiger partial charge in [0.2, 0.25) is 0 Å². The minimum absolute atomic E-state index is 0.272. The van der Waals surface area contributed by atoms with Gasteiger partial charge in [0.25, 0.3) is 0 Å². The third-order valence-electron chi connectivity index (χ3n) is 1.29. The van der Waals surface area contributed by atoms with Crippen LogP contribution in [0, 0.1) is 5.82 Å². The Kier molecular flexibility index (Phi) is 2.53. The molecule has 0 bridgehead atoms. The largest absolute Gasteiger partial charge is 0.224 e. The van der Waals surface area contributed by atoms with E-state index in [1.807, 2.05) is 0 Å². The molecule has 0 aromatic heterocycles. The first-order valence-corrected chi connectivity index (χ1v) is 5.75. The summed E-state index contributed by atoms with van der Waals surface area (Å²) in [6, 6.07) is 3.84. The maximum atomic E-state index is 12.9. The first-order valence-electron chi connectivity index (χ1n) is 3.06. The lowest BCUT2D eigenvalue weighted by molar-refractivity contribution is 0.570. The molecule has 5 heteroatoms. The van der Waals surface area contributed by atoms with Crippen molar-refractivity contribution in [3.05, 3.63) is 28.5 Å². The Morgan fingerprint density at radius 1 is 1.42 bits per heavy atom. The molecule has 0 saturated carbocycles. The Labute approximate surface area is 78.5 Å². The monoisotopic (exact) mass is 252 g/mol. The minimum Gasteiger partial charge on any atom is -0.224 e. The molecule has 0 heterocycles. The van der Waals surface area contributed by atoms with E-state index in [1.165, 1.54) is 12.1 Å². The van der Waals surface area contributed by atoms with Gasteiger partial charge in [-0.05, 0) is 18.2 Å². The van der Waals surface area contributed by atoms with E-state index in [0.717, 1.165) is 12.3 Å². The first-order chi connectivity index (χ1) is 5.41. The van der Waals surface area contributed by atoms with Gasteiger partial charge < -0.3 is 0 Å². The van der Waals surface area contributed by atoms with Crippen molar-refractivity contribution in [1.29, 1.82) is 0 Å². The van der Waals surface area contributed by atoms with Gasteiger partial charge in [0.05, 0.1) is 0 Å². The molecule has 0 atom stereocenters. The van der Waals surface area contributed by atoms with E-state index in [4.69, 9.17) is 0 Å². The van der Waals surface area contributed by atoms with Crippen LogP contribution in [0.1, 0.15) is 0 Å². The molecule has 0 saturated heterocycles. The second-order valence-corrected chi connectivity index (χ2v) is 5.25. The van der Waals surface area contributed by atoms with Gasteiger partial charge in [-0.2, -0.15) is 0 Å². The van der Waals surface area contributed by atoms with Crippen LogP contribution < -0.4 is 0 Å². The van der Waals surface area contributed by atoms with Crippen LogP contribution >= 0.6 is 15.9 Å². The fourth-order valence-corrected chi connectivity index (χ4v) is 1.84. The summed E-state index contributed by atoms with van der Waals surface area (Å²) >= 11 is 3.03. The van der Waals surface area contributed by atoms with Crippen LogP contribution in [0.5, 0.6) is 0 Å². The quantitative estimate of drug-likeness (QED) is 0.767. The average molecular weight is 253 g/mol. The fraction of sp³-hybridized carbons (Fsp3) is 0.143. The zero-order valence-corrected chi connectivity index (χ0v) is 8.62. The molecule has 66 valence electrons. The summed E-state index contributed by atoms with van der Waals surface area (Å²) in [6.07, 6.45) is 0.972. The Hall–Kier alpha value is -0.420. The highest BCUT2D eigenvalue weighted by atomic mass is 79.9. The number of hydrogen-bond acceptors (Lipinski definition) is 2. The predicted molar refractivity (Wildman–Crippen MR) is 47.2 cm³/mol. The van der Waals surface area contributed by atoms with Gasteiger partial charge in [0, 0.05) is 10.7 Å². The zero-order valence-electron chi connectivity index (χ0n) is 6.21. The van der Waals surface area contributed by atoms with Crippen LogP contribution in [-0.4, -0.2) is 14.7 Å². The molecule has 0 amide bonds. The van der Waals surface area contributed by atoms with Crippen molar-refractivity contribution < 1.29 is 12.8 Å². The van der Waals surface area contributed by atoms with Gasteiger partial charge in [-0.1, -0.05) is 15.9 Å². The van der Waals surface area contributed by atoms with Crippen molar-refractivity contribution >= 4 is 25.8 Å². The van der Waals surface area contributed by atoms with Crippen LogP contribution in [0.15, 0.2) is 27.6 Å². The summed E-state index contributed by atoms with van der Waals surface area (Å²) in [5.74, 6) is -0.730. The van der Waals surface area contributed by atoms with Crippen molar-refractivity contribution in [1.82, 2.24) is 0 Å². The molecule has 0 aliphatic rings. The van der Waals surface area contributed by atoms with Crippen molar-refractivity contribution in [3.8, 4) is 0 Å². The Bertz CT molecular complexity index is 400. The molecule has 0 N–H and O–H groups in total. The molecule has 0 radical (unpaired) electrons. The van der Waals surface area contributed by atoms with Crippen molar-refractivity contribution in [2.24, 2.45) is 0 Å². The molecular weight excluding hydrogens is 247 g/mol. The van der Waals surface area contributed by atoms with Crippen LogP contribution in [-0.2, 0) is 9.84 Å². The molecular formula is C7H6BrFO2S. The highest BCUT2D eigenvalue weighted by Gasteiger charge is 2.12. The summed E-state index contributed by atoms with van der Waals surface area (Å²) in [5.41, 5.74) is 0. The molecule has 0 spiro atoms. The summed E-state index contributed by atoms with van der Waals surface area (Å²) in [6.45, 7) is 0. The van der Waals surface area contributed by atoms with Crippen molar-refractivity contribution in [2.45, 2.75) is 4.90 Å². The maximum Gasteiger partial charge on any atom is 0.178 e. The lowest BCUT2D eigenvalue weighted by Gasteiger charge is -1.99. The number of rotatable bonds is 1. The van der Waals surface area contributed by atoms with Gasteiger partial charge in [0.1, 0.15) is 10.7 Å². The Morgan fingerprint density at radius 2 is 2.00 bits per heavy atom. The smallest absolute Gasteiger partial charge is 0.178 e. The van der Waals surface area contributed by atoms with E-state index in [-0.39, 0.29) is 4.90 Å². The summed E-state index contributed by atoms with van der Waals surface area (Å²) in [4.78, 5) is -0.272. The predicted octanol–water partition coefficient (Wildman–Crippen LogP) is 1.99. The van der Waals surface area contributed by atoms with Crippen LogP contribution in [0.2, 0.25) is 0 Å². The highest BCUT2D eigenvalue weighted by molar-refractivity contribution is 9.10. The van der Waals surface area contributed by atoms with Crippen molar-refractivity contribution in [3.63, 3.8) is 0 Å². The standard InChI is InChI=1S/C7H6BrFO2S/c1-12(10,11)7-3-2-5(8)4-6(7)9/h2-4H,1H3. The summed E-state index contributed by atoms with van der Waals surface area (Å²) < 4.78 is 35.3. The maximum absolute atomic E-state index is 12.9. The van der Waals surface area contributed by atoms with E-state index < -0.39 is 15.7 Å². The third kappa shape index (κ3) is 2.04. The van der Waals surface area contributed by atoms with Gasteiger partial charge in [-0.25, -0.2) is 12.8 Å². The molecule has 1 rings (SSSR count). The summed E-state index contributed by atoms with van der Waals surface area (Å²) in [7, 11) is -3.45. The molecule has 1 aromatic rings. The SMILES string of the molecule is CS(=O)(=O)c1ccc(Br)cc1F. The van der Waals surface area contributed by atoms with Gasteiger partial charge in [0.15, 0.2) is 9.84 Å². The first kappa shape index (κ1) is 9.67. The molecule has 0 unspecified atom stereocenters. The second kappa shape index (κ2) is 3.14. The lowest BCUT2D eigenvalue weighted by atomic mass is 10.3. The zero-order chi connectivity index (χ0) is 9.35. The fourth-order valence-electron chi connectivity index (χ4n) is 0.776. The number of hydrogen-bond donors (Lipinski definition) is 0. The minimum atomic E-state index is -3.45. The van der Waals surface area contributed by atoms with Gasteiger partial charge >= 0.3 is 0 Å². The van der Waals surface area contributed by atoms with E-state index in [0.29, 0.717) is 4.47 Å². The number of sulfone groups is 1. The molecule has 0 aliphatic carbocycles. The molecule has 2 nitrogen and oxygen atoms in total. The highest BCUT2D eigenvalue weighted by Crippen LogP contribution is 2.18. The normalized spacial score (nSPS) is 11.6. The number of halogens is 2. The Balaban J connectivity index is 3.39. The Morgan fingerprint density at radius 3 is 2.42 bits per heavy atom. The van der Waals surface area contributed by atoms with Crippen molar-refractivity contribution in [2.75, 3.05) is 6.26 Å². The van der Waals surface area contributed by atoms with E-state index in [2.05, 4.69) is 15.9 Å². The lowest BCUT2D eigenvalue weighted by Crippen LogP contribution is -1.99. The average Bonchev–Trinajstić information content (AvgIpc) is 1.83. The van der Waals surface area contributed by atoms with E-state index >= 15 is 0 Å². The van der Waals surface area contributed by atoms with Gasteiger partial charge in [-0.15, -0.1) is 0 Å². The van der Waals surface area contributed by atoms with Gasteiger partial charge in [-0.3, -0.25) is 0 Å². The van der Waals surface area contributed by atoms with E-state index in [1.54, 1.807) is 0 Å². The molecule has 1 aromatic carbocycles.